The van der Waals surface area contributed by atoms with Crippen LogP contribution in [0.3, 0.4) is 0 Å². The predicted octanol–water partition coefficient (Wildman–Crippen LogP) is 0.725. The van der Waals surface area contributed by atoms with Gasteiger partial charge in [-0.1, -0.05) is 0 Å². The Kier molecular flexibility index (Phi) is 5.34. The first-order valence-electron chi connectivity index (χ1n) is 9.51. The van der Waals surface area contributed by atoms with Crippen molar-refractivity contribution in [3.63, 3.8) is 0 Å². The van der Waals surface area contributed by atoms with Gasteiger partial charge in [0.1, 0.15) is 18.0 Å². The molecule has 0 bridgehead atoms. The molecule has 2 aromatic rings. The van der Waals surface area contributed by atoms with E-state index in [9.17, 15) is 9.18 Å². The molecule has 0 saturated carbocycles. The second kappa shape index (κ2) is 8.05. The molecule has 9 heteroatoms. The van der Waals surface area contributed by atoms with Crippen molar-refractivity contribution in [3.05, 3.63) is 42.2 Å². The van der Waals surface area contributed by atoms with E-state index in [4.69, 9.17) is 0 Å². The summed E-state index contributed by atoms with van der Waals surface area (Å²) >= 11 is 0. The summed E-state index contributed by atoms with van der Waals surface area (Å²) < 4.78 is 13.8. The number of hydrogen-bond donors (Lipinski definition) is 0. The summed E-state index contributed by atoms with van der Waals surface area (Å²) in [6.07, 6.45) is 4.12. The number of rotatable bonds is 3. The van der Waals surface area contributed by atoms with E-state index in [1.54, 1.807) is 11.2 Å². The molecule has 2 aliphatic heterocycles. The number of pyridine rings is 1. The van der Waals surface area contributed by atoms with Crippen LogP contribution in [0.15, 0.2) is 30.9 Å². The summed E-state index contributed by atoms with van der Waals surface area (Å²) in [5.41, 5.74) is 0.0721. The smallest absolute Gasteiger partial charge is 0.257 e. The fourth-order valence-corrected chi connectivity index (χ4v) is 3.58. The Balaban J connectivity index is 1.39. The number of carbonyl (C=O) groups excluding carboxylic acids is 1. The van der Waals surface area contributed by atoms with Crippen LogP contribution in [0.2, 0.25) is 0 Å². The SMILES string of the molecule is CN1CCN(c2cc(N3CCN(C(=O)c4ccncc4F)CC3)ncn2)CC1. The van der Waals surface area contributed by atoms with Crippen molar-refractivity contribution in [2.24, 2.45) is 0 Å². The van der Waals surface area contributed by atoms with Crippen LogP contribution in [-0.4, -0.2) is 90.1 Å². The van der Waals surface area contributed by atoms with Crippen LogP contribution in [0.1, 0.15) is 10.4 Å². The molecule has 0 unspecified atom stereocenters. The van der Waals surface area contributed by atoms with Gasteiger partial charge in [-0.15, -0.1) is 0 Å². The lowest BCUT2D eigenvalue weighted by atomic mass is 10.2. The lowest BCUT2D eigenvalue weighted by Gasteiger charge is -2.36. The lowest BCUT2D eigenvalue weighted by Crippen LogP contribution is -2.49. The third-order valence-electron chi connectivity index (χ3n) is 5.36. The van der Waals surface area contributed by atoms with E-state index in [0.29, 0.717) is 26.2 Å². The zero-order valence-corrected chi connectivity index (χ0v) is 16.0. The molecule has 1 amide bonds. The Labute approximate surface area is 163 Å². The normalized spacial score (nSPS) is 18.4. The Bertz CT molecular complexity index is 833. The highest BCUT2D eigenvalue weighted by Gasteiger charge is 2.25. The highest BCUT2D eigenvalue weighted by molar-refractivity contribution is 5.94. The zero-order valence-electron chi connectivity index (χ0n) is 16.0. The number of amides is 1. The largest absolute Gasteiger partial charge is 0.354 e. The summed E-state index contributed by atoms with van der Waals surface area (Å²) in [4.78, 5) is 33.5. The molecular formula is C19H24FN7O. The van der Waals surface area contributed by atoms with Gasteiger partial charge in [0, 0.05) is 64.6 Å². The van der Waals surface area contributed by atoms with Crippen molar-refractivity contribution in [1.82, 2.24) is 24.8 Å². The van der Waals surface area contributed by atoms with Gasteiger partial charge >= 0.3 is 0 Å². The lowest BCUT2D eigenvalue weighted by molar-refractivity contribution is 0.0741. The van der Waals surface area contributed by atoms with Gasteiger partial charge in [-0.25, -0.2) is 14.4 Å². The molecule has 4 heterocycles. The van der Waals surface area contributed by atoms with E-state index in [0.717, 1.165) is 44.0 Å². The molecule has 0 aromatic carbocycles. The molecule has 4 rings (SSSR count). The number of anilines is 2. The van der Waals surface area contributed by atoms with Gasteiger partial charge in [-0.3, -0.25) is 9.78 Å². The summed E-state index contributed by atoms with van der Waals surface area (Å²) in [5, 5.41) is 0. The fraction of sp³-hybridized carbons (Fsp3) is 0.474. The summed E-state index contributed by atoms with van der Waals surface area (Å²) in [5.74, 6) is 0.935. The Morgan fingerprint density at radius 1 is 0.964 bits per heavy atom. The Hall–Kier alpha value is -2.81. The van der Waals surface area contributed by atoms with Crippen molar-refractivity contribution >= 4 is 17.5 Å². The van der Waals surface area contributed by atoms with Gasteiger partial charge in [0.05, 0.1) is 11.8 Å². The van der Waals surface area contributed by atoms with Crippen LogP contribution in [-0.2, 0) is 0 Å². The van der Waals surface area contributed by atoms with E-state index in [1.165, 1.54) is 12.3 Å². The standard InChI is InChI=1S/C19H24FN7O/c1-24-4-6-25(7-5-24)17-12-18(23-14-22-17)26-8-10-27(11-9-26)19(28)15-2-3-21-13-16(15)20/h2-3,12-14H,4-11H2,1H3. The van der Waals surface area contributed by atoms with Gasteiger partial charge in [0.15, 0.2) is 5.82 Å². The summed E-state index contributed by atoms with van der Waals surface area (Å²) in [6.45, 7) is 6.29. The maximum Gasteiger partial charge on any atom is 0.257 e. The first-order chi connectivity index (χ1) is 13.6. The summed E-state index contributed by atoms with van der Waals surface area (Å²) in [6, 6.07) is 3.45. The van der Waals surface area contributed by atoms with E-state index in [-0.39, 0.29) is 11.5 Å². The third-order valence-corrected chi connectivity index (χ3v) is 5.36. The quantitative estimate of drug-likeness (QED) is 0.771. The monoisotopic (exact) mass is 385 g/mol. The number of nitrogens with zero attached hydrogens (tertiary/aromatic N) is 7. The van der Waals surface area contributed by atoms with Crippen molar-refractivity contribution in [2.75, 3.05) is 69.2 Å². The molecule has 2 saturated heterocycles. The molecular weight excluding hydrogens is 361 g/mol. The maximum absolute atomic E-state index is 13.8. The van der Waals surface area contributed by atoms with E-state index < -0.39 is 5.82 Å². The van der Waals surface area contributed by atoms with Crippen LogP contribution in [0.25, 0.3) is 0 Å². The number of aromatic nitrogens is 3. The minimum absolute atomic E-state index is 0.0721. The molecule has 148 valence electrons. The molecule has 0 atom stereocenters. The first kappa shape index (κ1) is 18.5. The number of likely N-dealkylation sites (N-methyl/N-ethyl adjacent to an activating group) is 1. The molecule has 0 radical (unpaired) electrons. The van der Waals surface area contributed by atoms with Gasteiger partial charge in [0.2, 0.25) is 0 Å². The molecule has 0 N–H and O–H groups in total. The second-order valence-corrected chi connectivity index (χ2v) is 7.16. The average molecular weight is 385 g/mol. The zero-order chi connectivity index (χ0) is 19.5. The van der Waals surface area contributed by atoms with Gasteiger partial charge in [-0.2, -0.15) is 0 Å². The Morgan fingerprint density at radius 3 is 2.18 bits per heavy atom. The van der Waals surface area contributed by atoms with Crippen molar-refractivity contribution in [3.8, 4) is 0 Å². The maximum atomic E-state index is 13.8. The summed E-state index contributed by atoms with van der Waals surface area (Å²) in [7, 11) is 2.13. The fourth-order valence-electron chi connectivity index (χ4n) is 3.58. The molecule has 28 heavy (non-hydrogen) atoms. The topological polar surface area (TPSA) is 68.7 Å². The minimum atomic E-state index is -0.581. The van der Waals surface area contributed by atoms with Crippen LogP contribution in [0, 0.1) is 5.82 Å². The van der Waals surface area contributed by atoms with Gasteiger partial charge in [0.25, 0.3) is 5.91 Å². The predicted molar refractivity (Wildman–Crippen MR) is 104 cm³/mol. The van der Waals surface area contributed by atoms with Gasteiger partial charge in [-0.05, 0) is 13.1 Å². The van der Waals surface area contributed by atoms with Crippen molar-refractivity contribution < 1.29 is 9.18 Å². The van der Waals surface area contributed by atoms with E-state index >= 15 is 0 Å². The number of hydrogen-bond acceptors (Lipinski definition) is 7. The van der Waals surface area contributed by atoms with Crippen molar-refractivity contribution in [2.45, 2.75) is 0 Å². The first-order valence-corrected chi connectivity index (χ1v) is 9.51. The molecule has 2 aliphatic rings. The highest BCUT2D eigenvalue weighted by atomic mass is 19.1. The molecule has 2 aromatic heterocycles. The van der Waals surface area contributed by atoms with Crippen molar-refractivity contribution in [1.29, 1.82) is 0 Å². The van der Waals surface area contributed by atoms with Crippen LogP contribution in [0.5, 0.6) is 0 Å². The van der Waals surface area contributed by atoms with E-state index in [2.05, 4.69) is 36.7 Å². The van der Waals surface area contributed by atoms with E-state index in [1.807, 2.05) is 6.07 Å². The highest BCUT2D eigenvalue weighted by Crippen LogP contribution is 2.20. The number of carbonyl (C=O) groups is 1. The molecule has 8 nitrogen and oxygen atoms in total. The second-order valence-electron chi connectivity index (χ2n) is 7.16. The number of piperazine rings is 2. The molecule has 0 spiro atoms. The average Bonchev–Trinajstić information content (AvgIpc) is 2.74. The molecule has 2 fully saturated rings. The minimum Gasteiger partial charge on any atom is -0.354 e. The number of halogens is 1. The van der Waals surface area contributed by atoms with Crippen LogP contribution >= 0.6 is 0 Å². The van der Waals surface area contributed by atoms with Gasteiger partial charge < -0.3 is 19.6 Å². The molecule has 0 aliphatic carbocycles. The Morgan fingerprint density at radius 2 is 1.57 bits per heavy atom. The van der Waals surface area contributed by atoms with Crippen LogP contribution in [0.4, 0.5) is 16.0 Å². The third kappa shape index (κ3) is 3.89. The van der Waals surface area contributed by atoms with Crippen LogP contribution < -0.4 is 9.80 Å².